The van der Waals surface area contributed by atoms with Gasteiger partial charge in [0.1, 0.15) is 30.0 Å². The van der Waals surface area contributed by atoms with E-state index >= 15 is 0 Å². The fraction of sp³-hybridized carbons (Fsp3) is 0.517. The van der Waals surface area contributed by atoms with Crippen molar-refractivity contribution in [2.24, 2.45) is 0 Å². The summed E-state index contributed by atoms with van der Waals surface area (Å²) in [6, 6.07) is 18.6. The Morgan fingerprint density at radius 2 is 1.66 bits per heavy atom. The lowest BCUT2D eigenvalue weighted by atomic mass is 9.95. The standard InChI is InChI=1S/C29H37NO8/c1-19(31)30-24-26(33-16-15-23(32)38-29(2,3)4)25-22(18-35-27(37-25)21-13-9-6-10-14-21)36-28(24)34-17-20-11-7-5-8-12-20/h5-14,22,24-28H,15-18H2,1-4H3,(H,30,31)/t22?,24-,25+,26?,27?,28+/m1/s1. The Morgan fingerprint density at radius 3 is 2.32 bits per heavy atom. The molecule has 206 valence electrons. The van der Waals surface area contributed by atoms with Crippen molar-refractivity contribution in [1.82, 2.24) is 5.32 Å². The van der Waals surface area contributed by atoms with E-state index in [1.165, 1.54) is 6.92 Å². The molecule has 2 aliphatic rings. The van der Waals surface area contributed by atoms with Gasteiger partial charge in [0.05, 0.1) is 26.2 Å². The Balaban J connectivity index is 1.53. The van der Waals surface area contributed by atoms with Gasteiger partial charge in [-0.3, -0.25) is 9.59 Å². The van der Waals surface area contributed by atoms with Crippen LogP contribution in [0, 0.1) is 0 Å². The average molecular weight is 528 g/mol. The minimum atomic E-state index is -0.827. The van der Waals surface area contributed by atoms with Crippen molar-refractivity contribution in [1.29, 1.82) is 0 Å². The van der Waals surface area contributed by atoms with Crippen molar-refractivity contribution in [2.75, 3.05) is 13.2 Å². The Labute approximate surface area is 223 Å². The van der Waals surface area contributed by atoms with E-state index in [2.05, 4.69) is 5.32 Å². The SMILES string of the molecule is CC(=O)N[C@@H]1C(OCCC(=O)OC(C)(C)C)[C@H]2OC(c3ccccc3)OCC2O[C@@H]1OCc1ccccc1. The Morgan fingerprint density at radius 1 is 0.974 bits per heavy atom. The third kappa shape index (κ3) is 7.85. The summed E-state index contributed by atoms with van der Waals surface area (Å²) < 4.78 is 36.4. The van der Waals surface area contributed by atoms with Gasteiger partial charge in [-0.15, -0.1) is 0 Å². The maximum absolute atomic E-state index is 12.3. The molecule has 0 radical (unpaired) electrons. The van der Waals surface area contributed by atoms with Gasteiger partial charge < -0.3 is 33.7 Å². The number of carbonyl (C=O) groups excluding carboxylic acids is 2. The van der Waals surface area contributed by atoms with Crippen LogP contribution >= 0.6 is 0 Å². The highest BCUT2D eigenvalue weighted by atomic mass is 16.7. The predicted octanol–water partition coefficient (Wildman–Crippen LogP) is 3.66. The molecule has 6 atom stereocenters. The van der Waals surface area contributed by atoms with Gasteiger partial charge in [-0.05, 0) is 26.3 Å². The first-order valence-electron chi connectivity index (χ1n) is 12.9. The van der Waals surface area contributed by atoms with E-state index in [0.29, 0.717) is 0 Å². The monoisotopic (exact) mass is 527 g/mol. The van der Waals surface area contributed by atoms with Gasteiger partial charge in [0.15, 0.2) is 12.6 Å². The summed E-state index contributed by atoms with van der Waals surface area (Å²) in [5, 5.41) is 2.93. The summed E-state index contributed by atoms with van der Waals surface area (Å²) >= 11 is 0. The summed E-state index contributed by atoms with van der Waals surface area (Å²) in [5.41, 5.74) is 1.22. The molecule has 0 saturated carbocycles. The lowest BCUT2D eigenvalue weighted by molar-refractivity contribution is -0.349. The molecule has 0 aliphatic carbocycles. The molecule has 4 rings (SSSR count). The quantitative estimate of drug-likeness (QED) is 0.493. The summed E-state index contributed by atoms with van der Waals surface area (Å²) in [4.78, 5) is 24.6. The van der Waals surface area contributed by atoms with Crippen LogP contribution in [0.2, 0.25) is 0 Å². The van der Waals surface area contributed by atoms with Crippen molar-refractivity contribution < 1.29 is 38.0 Å². The van der Waals surface area contributed by atoms with Crippen LogP contribution in [0.15, 0.2) is 60.7 Å². The van der Waals surface area contributed by atoms with E-state index in [1.807, 2.05) is 81.4 Å². The van der Waals surface area contributed by atoms with Crippen molar-refractivity contribution in [3.63, 3.8) is 0 Å². The van der Waals surface area contributed by atoms with Crippen LogP contribution in [0.4, 0.5) is 0 Å². The van der Waals surface area contributed by atoms with Gasteiger partial charge in [0, 0.05) is 12.5 Å². The van der Waals surface area contributed by atoms with Crippen molar-refractivity contribution in [2.45, 2.75) is 83.3 Å². The fourth-order valence-corrected chi connectivity index (χ4v) is 4.50. The van der Waals surface area contributed by atoms with Crippen LogP contribution in [-0.2, 0) is 44.6 Å². The number of amides is 1. The first kappa shape index (κ1) is 28.2. The minimum Gasteiger partial charge on any atom is -0.460 e. The number of hydrogen-bond acceptors (Lipinski definition) is 8. The molecular formula is C29H37NO8. The maximum Gasteiger partial charge on any atom is 0.308 e. The first-order chi connectivity index (χ1) is 18.2. The lowest BCUT2D eigenvalue weighted by Gasteiger charge is -2.49. The zero-order valence-corrected chi connectivity index (χ0v) is 22.3. The third-order valence-electron chi connectivity index (χ3n) is 6.07. The molecule has 0 aromatic heterocycles. The molecule has 3 unspecified atom stereocenters. The van der Waals surface area contributed by atoms with Gasteiger partial charge in [0.25, 0.3) is 0 Å². The van der Waals surface area contributed by atoms with Crippen LogP contribution in [-0.4, -0.2) is 61.3 Å². The Kier molecular flexibility index (Phi) is 9.51. The highest BCUT2D eigenvalue weighted by Crippen LogP contribution is 2.36. The minimum absolute atomic E-state index is 0.0486. The fourth-order valence-electron chi connectivity index (χ4n) is 4.50. The molecule has 2 saturated heterocycles. The van der Waals surface area contributed by atoms with Gasteiger partial charge in [0.2, 0.25) is 5.91 Å². The van der Waals surface area contributed by atoms with Gasteiger partial charge >= 0.3 is 5.97 Å². The summed E-state index contributed by atoms with van der Waals surface area (Å²) in [6.07, 6.45) is -3.16. The number of hydrogen-bond donors (Lipinski definition) is 1. The van der Waals surface area contributed by atoms with Crippen LogP contribution in [0.3, 0.4) is 0 Å². The summed E-state index contributed by atoms with van der Waals surface area (Å²) in [7, 11) is 0. The first-order valence-corrected chi connectivity index (χ1v) is 12.9. The highest BCUT2D eigenvalue weighted by Gasteiger charge is 2.51. The molecule has 38 heavy (non-hydrogen) atoms. The molecule has 2 aromatic rings. The third-order valence-corrected chi connectivity index (χ3v) is 6.07. The van der Waals surface area contributed by atoms with Crippen molar-refractivity contribution in [3.05, 3.63) is 71.8 Å². The van der Waals surface area contributed by atoms with Gasteiger partial charge in [-0.25, -0.2) is 0 Å². The Bertz CT molecular complexity index is 1040. The zero-order valence-electron chi connectivity index (χ0n) is 22.3. The van der Waals surface area contributed by atoms with E-state index in [9.17, 15) is 9.59 Å². The number of carbonyl (C=O) groups is 2. The zero-order chi connectivity index (χ0) is 27.1. The molecule has 2 heterocycles. The van der Waals surface area contributed by atoms with Crippen LogP contribution < -0.4 is 5.32 Å². The summed E-state index contributed by atoms with van der Waals surface area (Å²) in [5.74, 6) is -0.637. The molecule has 9 heteroatoms. The molecular weight excluding hydrogens is 490 g/mol. The largest absolute Gasteiger partial charge is 0.460 e. The number of benzene rings is 2. The molecule has 2 aliphatic heterocycles. The molecule has 1 N–H and O–H groups in total. The smallest absolute Gasteiger partial charge is 0.308 e. The second-order valence-corrected chi connectivity index (χ2v) is 10.4. The van der Waals surface area contributed by atoms with Crippen molar-refractivity contribution in [3.8, 4) is 0 Å². The number of rotatable bonds is 9. The molecule has 2 aromatic carbocycles. The molecule has 2 fully saturated rings. The number of fused-ring (bicyclic) bond motifs is 1. The molecule has 9 nitrogen and oxygen atoms in total. The second-order valence-electron chi connectivity index (χ2n) is 10.4. The van der Waals surface area contributed by atoms with Gasteiger partial charge in [-0.2, -0.15) is 0 Å². The lowest BCUT2D eigenvalue weighted by Crippen LogP contribution is -2.67. The topological polar surface area (TPSA) is 102 Å². The maximum atomic E-state index is 12.3. The predicted molar refractivity (Wildman–Crippen MR) is 138 cm³/mol. The van der Waals surface area contributed by atoms with E-state index in [-0.39, 0.29) is 38.1 Å². The van der Waals surface area contributed by atoms with Crippen LogP contribution in [0.1, 0.15) is 51.5 Å². The van der Waals surface area contributed by atoms with Crippen LogP contribution in [0.25, 0.3) is 0 Å². The number of ether oxygens (including phenoxy) is 6. The number of esters is 1. The van der Waals surface area contributed by atoms with E-state index in [1.54, 1.807) is 0 Å². The molecule has 0 bridgehead atoms. The Hall–Kier alpha value is -2.82. The second kappa shape index (κ2) is 12.8. The van der Waals surface area contributed by atoms with E-state index < -0.39 is 42.5 Å². The molecule has 0 spiro atoms. The van der Waals surface area contributed by atoms with E-state index in [4.69, 9.17) is 28.4 Å². The van der Waals surface area contributed by atoms with Gasteiger partial charge in [-0.1, -0.05) is 60.7 Å². The average Bonchev–Trinajstić information content (AvgIpc) is 2.88. The number of nitrogens with one attached hydrogen (secondary N) is 1. The molecule has 1 amide bonds. The normalized spacial score (nSPS) is 27.3. The highest BCUT2D eigenvalue weighted by molar-refractivity contribution is 5.73. The van der Waals surface area contributed by atoms with E-state index in [0.717, 1.165) is 11.1 Å². The summed E-state index contributed by atoms with van der Waals surface area (Å²) in [6.45, 7) is 7.47. The van der Waals surface area contributed by atoms with Crippen molar-refractivity contribution >= 4 is 11.9 Å². The van der Waals surface area contributed by atoms with Crippen LogP contribution in [0.5, 0.6) is 0 Å².